The van der Waals surface area contributed by atoms with Crippen LogP contribution in [0.5, 0.6) is 5.75 Å². The molecule has 2 heterocycles. The SMILES string of the molecule is COC(=O)[C@@H]1CC=CC2=C3C(=Cn4c(cc5c(OC)ccc(C6CCCCC6)c54)C21)C3C(=O)OC(C)(C)C. The highest BCUT2D eigenvalue weighted by Gasteiger charge is 2.52. The normalized spacial score (nSPS) is 24.7. The summed E-state index contributed by atoms with van der Waals surface area (Å²) < 4.78 is 19.2. The Hall–Kier alpha value is -3.28. The molecule has 2 aromatic rings. The number of hydrogen-bond acceptors (Lipinski definition) is 5. The van der Waals surface area contributed by atoms with E-state index in [2.05, 4.69) is 35.0 Å². The number of hydrogen-bond donors (Lipinski definition) is 0. The first-order chi connectivity index (χ1) is 18.2. The molecule has 1 aromatic carbocycles. The van der Waals surface area contributed by atoms with E-state index < -0.39 is 11.5 Å². The van der Waals surface area contributed by atoms with Gasteiger partial charge in [0.25, 0.3) is 0 Å². The monoisotopic (exact) mass is 515 g/mol. The second-order valence-corrected chi connectivity index (χ2v) is 12.1. The molecule has 38 heavy (non-hydrogen) atoms. The van der Waals surface area contributed by atoms with E-state index in [1.165, 1.54) is 44.8 Å². The zero-order valence-corrected chi connectivity index (χ0v) is 23.0. The zero-order valence-electron chi connectivity index (χ0n) is 23.0. The Kier molecular flexibility index (Phi) is 6.04. The first-order valence-electron chi connectivity index (χ1n) is 13.9. The Morgan fingerprint density at radius 3 is 2.47 bits per heavy atom. The van der Waals surface area contributed by atoms with E-state index in [0.717, 1.165) is 39.1 Å². The number of nitrogens with zero attached hydrogens (tertiary/aromatic N) is 1. The molecule has 1 aliphatic heterocycles. The van der Waals surface area contributed by atoms with Crippen molar-refractivity contribution in [3.8, 4) is 5.75 Å². The molecule has 2 unspecified atom stereocenters. The van der Waals surface area contributed by atoms with Crippen LogP contribution >= 0.6 is 0 Å². The molecule has 3 atom stereocenters. The molecular weight excluding hydrogens is 478 g/mol. The van der Waals surface area contributed by atoms with Crippen molar-refractivity contribution in [2.24, 2.45) is 11.8 Å². The molecule has 3 aliphatic carbocycles. The Labute approximate surface area is 224 Å². The average molecular weight is 516 g/mol. The van der Waals surface area contributed by atoms with Crippen molar-refractivity contribution < 1.29 is 23.8 Å². The third-order valence-electron chi connectivity index (χ3n) is 8.58. The Bertz CT molecular complexity index is 1410. The van der Waals surface area contributed by atoms with Crippen molar-refractivity contribution in [2.45, 2.75) is 76.7 Å². The standard InChI is InChI=1S/C32H37NO5/c1-32(2,3)38-31(35)28-23-17-33-24(26-20(27(23)28)12-9-13-21(26)30(34)37-5)16-22-25(36-4)15-14-19(29(22)33)18-10-7-6-8-11-18/h9,12,14-18,21,26,28H,6-8,10-11,13H2,1-5H3/t21-,26?,28?/m1/s1. The maximum atomic E-state index is 13.3. The molecule has 4 aliphatic rings. The number of carbonyl (C=O) groups is 2. The summed E-state index contributed by atoms with van der Waals surface area (Å²) in [6.07, 6.45) is 13.0. The summed E-state index contributed by atoms with van der Waals surface area (Å²) in [5.74, 6) is -0.164. The van der Waals surface area contributed by atoms with E-state index in [4.69, 9.17) is 14.2 Å². The summed E-state index contributed by atoms with van der Waals surface area (Å²) in [5, 5.41) is 1.05. The van der Waals surface area contributed by atoms with Crippen molar-refractivity contribution in [1.82, 2.24) is 4.57 Å². The van der Waals surface area contributed by atoms with E-state index in [1.54, 1.807) is 7.11 Å². The van der Waals surface area contributed by atoms with Crippen molar-refractivity contribution in [3.05, 3.63) is 58.3 Å². The summed E-state index contributed by atoms with van der Waals surface area (Å²) in [6, 6.07) is 6.51. The smallest absolute Gasteiger partial charge is 0.318 e. The van der Waals surface area contributed by atoms with Crippen LogP contribution < -0.4 is 4.74 Å². The third kappa shape index (κ3) is 4.00. The summed E-state index contributed by atoms with van der Waals surface area (Å²) in [7, 11) is 3.16. The molecule has 0 bridgehead atoms. The molecule has 1 aromatic heterocycles. The molecule has 6 rings (SSSR count). The molecular formula is C32H37NO5. The maximum absolute atomic E-state index is 13.3. The van der Waals surface area contributed by atoms with Crippen LogP contribution in [0.4, 0.5) is 0 Å². The Morgan fingerprint density at radius 2 is 1.79 bits per heavy atom. The molecule has 2 fully saturated rings. The fourth-order valence-corrected chi connectivity index (χ4v) is 6.93. The van der Waals surface area contributed by atoms with Crippen molar-refractivity contribution in [3.63, 3.8) is 0 Å². The minimum absolute atomic E-state index is 0.222. The van der Waals surface area contributed by atoms with Crippen LogP contribution in [0.2, 0.25) is 0 Å². The van der Waals surface area contributed by atoms with E-state index in [-0.39, 0.29) is 23.8 Å². The number of ether oxygens (including phenoxy) is 3. The highest BCUT2D eigenvalue weighted by Crippen LogP contribution is 2.58. The first-order valence-corrected chi connectivity index (χ1v) is 13.9. The van der Waals surface area contributed by atoms with Gasteiger partial charge in [-0.15, -0.1) is 0 Å². The summed E-state index contributed by atoms with van der Waals surface area (Å²) in [6.45, 7) is 5.69. The minimum atomic E-state index is -0.576. The van der Waals surface area contributed by atoms with E-state index in [0.29, 0.717) is 12.3 Å². The number of methoxy groups -OCH3 is 2. The van der Waals surface area contributed by atoms with Gasteiger partial charge in [-0.05, 0) is 80.4 Å². The number of aromatic nitrogens is 1. The fourth-order valence-electron chi connectivity index (χ4n) is 6.93. The number of fused-ring (bicyclic) bond motifs is 6. The van der Waals surface area contributed by atoms with E-state index >= 15 is 0 Å². The van der Waals surface area contributed by atoms with Crippen molar-refractivity contribution in [1.29, 1.82) is 0 Å². The van der Waals surface area contributed by atoms with Crippen molar-refractivity contribution >= 4 is 29.0 Å². The van der Waals surface area contributed by atoms with Crippen LogP contribution in [0, 0.1) is 11.8 Å². The molecule has 2 saturated carbocycles. The molecule has 0 N–H and O–H groups in total. The van der Waals surface area contributed by atoms with Gasteiger partial charge < -0.3 is 18.8 Å². The quantitative estimate of drug-likeness (QED) is 0.426. The van der Waals surface area contributed by atoms with Gasteiger partial charge in [-0.25, -0.2) is 0 Å². The van der Waals surface area contributed by atoms with E-state index in [9.17, 15) is 9.59 Å². The number of esters is 2. The zero-order chi connectivity index (χ0) is 26.8. The van der Waals surface area contributed by atoms with Gasteiger partial charge in [-0.1, -0.05) is 37.5 Å². The summed E-state index contributed by atoms with van der Waals surface area (Å²) in [4.78, 5) is 26.4. The van der Waals surface area contributed by atoms with Gasteiger partial charge in [0.2, 0.25) is 0 Å². The summed E-state index contributed by atoms with van der Waals surface area (Å²) in [5.41, 5.74) is 5.92. The fraction of sp³-hybridized carbons (Fsp3) is 0.500. The van der Waals surface area contributed by atoms with Crippen LogP contribution in [0.1, 0.15) is 82.4 Å². The molecule has 0 amide bonds. The van der Waals surface area contributed by atoms with Gasteiger partial charge in [0.1, 0.15) is 17.3 Å². The highest BCUT2D eigenvalue weighted by molar-refractivity contribution is 5.98. The molecule has 0 saturated heterocycles. The van der Waals surface area contributed by atoms with Crippen LogP contribution in [0.15, 0.2) is 47.1 Å². The van der Waals surface area contributed by atoms with Crippen LogP contribution in [-0.2, 0) is 19.1 Å². The second-order valence-electron chi connectivity index (χ2n) is 12.1. The molecule has 6 nitrogen and oxygen atoms in total. The lowest BCUT2D eigenvalue weighted by Gasteiger charge is -2.29. The number of carbonyl (C=O) groups excluding carboxylic acids is 2. The predicted octanol–water partition coefficient (Wildman–Crippen LogP) is 6.65. The highest BCUT2D eigenvalue weighted by atomic mass is 16.6. The Balaban J connectivity index is 1.60. The van der Waals surface area contributed by atoms with E-state index in [1.807, 2.05) is 26.8 Å². The largest absolute Gasteiger partial charge is 0.496 e. The Morgan fingerprint density at radius 1 is 1.03 bits per heavy atom. The van der Waals surface area contributed by atoms with Gasteiger partial charge >= 0.3 is 11.9 Å². The number of benzene rings is 1. The lowest BCUT2D eigenvalue weighted by atomic mass is 9.77. The second kappa shape index (κ2) is 9.18. The van der Waals surface area contributed by atoms with Gasteiger partial charge in [0.15, 0.2) is 0 Å². The number of rotatable bonds is 4. The van der Waals surface area contributed by atoms with Crippen molar-refractivity contribution in [2.75, 3.05) is 14.2 Å². The van der Waals surface area contributed by atoms with Gasteiger partial charge in [0.05, 0.1) is 25.7 Å². The maximum Gasteiger partial charge on any atom is 0.318 e. The molecule has 0 radical (unpaired) electrons. The summed E-state index contributed by atoms with van der Waals surface area (Å²) >= 11 is 0. The number of allylic oxidation sites excluding steroid dienone is 3. The van der Waals surface area contributed by atoms with Crippen LogP contribution in [0.25, 0.3) is 17.1 Å². The van der Waals surface area contributed by atoms with Crippen LogP contribution in [-0.4, -0.2) is 36.3 Å². The van der Waals surface area contributed by atoms with Gasteiger partial charge in [-0.2, -0.15) is 0 Å². The lowest BCUT2D eigenvalue weighted by molar-refractivity contribution is -0.155. The molecule has 200 valence electrons. The third-order valence-corrected chi connectivity index (χ3v) is 8.58. The average Bonchev–Trinajstić information content (AvgIpc) is 3.53. The van der Waals surface area contributed by atoms with Gasteiger partial charge in [0, 0.05) is 23.2 Å². The molecule has 0 spiro atoms. The first kappa shape index (κ1) is 25.0. The van der Waals surface area contributed by atoms with Gasteiger partial charge in [-0.3, -0.25) is 9.59 Å². The van der Waals surface area contributed by atoms with Crippen LogP contribution in [0.3, 0.4) is 0 Å². The predicted molar refractivity (Wildman–Crippen MR) is 147 cm³/mol. The lowest BCUT2D eigenvalue weighted by Crippen LogP contribution is -2.28. The topological polar surface area (TPSA) is 66.8 Å². The molecule has 6 heteroatoms. The minimum Gasteiger partial charge on any atom is -0.496 e.